The van der Waals surface area contributed by atoms with E-state index in [1.807, 2.05) is 0 Å². The van der Waals surface area contributed by atoms with Crippen molar-refractivity contribution in [2.75, 3.05) is 11.5 Å². The van der Waals surface area contributed by atoms with Crippen molar-refractivity contribution in [1.29, 1.82) is 5.26 Å². The summed E-state index contributed by atoms with van der Waals surface area (Å²) in [6.45, 7) is -0.580. The minimum Gasteiger partial charge on any atom is -0.454 e. The lowest BCUT2D eigenvalue weighted by molar-refractivity contribution is -0.138. The number of halogens is 5. The molecule has 4 aromatic rings. The second-order valence-corrected chi connectivity index (χ2v) is 12.3. The van der Waals surface area contributed by atoms with E-state index < -0.39 is 52.7 Å². The molecule has 0 N–H and O–H groups in total. The highest BCUT2D eigenvalue weighted by atomic mass is 35.5. The van der Waals surface area contributed by atoms with Crippen molar-refractivity contribution in [1.82, 2.24) is 4.98 Å². The number of anilines is 1. The van der Waals surface area contributed by atoms with Crippen LogP contribution in [0.1, 0.15) is 38.3 Å². The van der Waals surface area contributed by atoms with Gasteiger partial charge >= 0.3 is 12.1 Å². The Labute approximate surface area is 271 Å². The first-order valence-electron chi connectivity index (χ1n) is 12.7. The van der Waals surface area contributed by atoms with Gasteiger partial charge in [0.25, 0.3) is 0 Å². The molecule has 45 heavy (non-hydrogen) atoms. The van der Waals surface area contributed by atoms with Crippen LogP contribution < -0.4 is 4.90 Å². The average molecular weight is 691 g/mol. The number of ketones is 1. The number of aromatic nitrogens is 1. The summed E-state index contributed by atoms with van der Waals surface area (Å²) in [7, 11) is 0. The van der Waals surface area contributed by atoms with Crippen molar-refractivity contribution in [3.63, 3.8) is 0 Å². The third kappa shape index (κ3) is 6.89. The van der Waals surface area contributed by atoms with E-state index in [2.05, 4.69) is 4.98 Å². The normalized spacial score (nSPS) is 14.8. The zero-order chi connectivity index (χ0) is 32.5. The summed E-state index contributed by atoms with van der Waals surface area (Å²) in [5, 5.41) is 10.2. The highest BCUT2D eigenvalue weighted by Gasteiger charge is 2.42. The van der Waals surface area contributed by atoms with Gasteiger partial charge in [-0.25, -0.2) is 14.7 Å². The summed E-state index contributed by atoms with van der Waals surface area (Å²) < 4.78 is 46.7. The molecule has 5 rings (SSSR count). The van der Waals surface area contributed by atoms with Crippen LogP contribution in [0.3, 0.4) is 0 Å². The minimum atomic E-state index is -4.86. The molecule has 1 aliphatic rings. The molecule has 3 heterocycles. The second-order valence-electron chi connectivity index (χ2n) is 9.38. The summed E-state index contributed by atoms with van der Waals surface area (Å²) in [6.07, 6.45) is -5.22. The Kier molecular flexibility index (Phi) is 9.31. The van der Waals surface area contributed by atoms with Gasteiger partial charge in [0.05, 0.1) is 48.2 Å². The first-order chi connectivity index (χ1) is 21.4. The van der Waals surface area contributed by atoms with Crippen LogP contribution in [0.4, 0.5) is 18.9 Å². The quantitative estimate of drug-likeness (QED) is 0.106. The molecule has 1 saturated heterocycles. The largest absolute Gasteiger partial charge is 0.454 e. The van der Waals surface area contributed by atoms with Gasteiger partial charge in [-0.3, -0.25) is 14.4 Å². The van der Waals surface area contributed by atoms with Gasteiger partial charge in [0.2, 0.25) is 11.8 Å². The number of hydrogen-bond acceptors (Lipinski definition) is 9. The number of benzene rings is 2. The maximum Gasteiger partial charge on any atom is 0.417 e. The SMILES string of the molecule is N#Cc1c(C(F)(F)F)cc(-c2cccs2)nc1SC1CC(=O)N(c2ccc(C(=O)OCC(=O)c3ccc(Cl)c(Cl)c3)cc2)C1=O. The van der Waals surface area contributed by atoms with Crippen LogP contribution in [0.2, 0.25) is 10.0 Å². The Morgan fingerprint density at radius 1 is 1.07 bits per heavy atom. The molecule has 1 unspecified atom stereocenters. The molecule has 1 fully saturated rings. The summed E-state index contributed by atoms with van der Waals surface area (Å²) in [4.78, 5) is 56.6. The second kappa shape index (κ2) is 13.0. The van der Waals surface area contributed by atoms with Gasteiger partial charge in [-0.15, -0.1) is 11.3 Å². The highest BCUT2D eigenvalue weighted by Crippen LogP contribution is 2.41. The number of esters is 1. The van der Waals surface area contributed by atoms with Crippen molar-refractivity contribution in [3.05, 3.63) is 98.3 Å². The number of thiophene rings is 1. The fourth-order valence-corrected chi connectivity index (χ4v) is 6.42. The molecule has 2 amide bonds. The van der Waals surface area contributed by atoms with Crippen molar-refractivity contribution in [3.8, 4) is 16.6 Å². The third-order valence-corrected chi connectivity index (χ3v) is 9.28. The van der Waals surface area contributed by atoms with Crippen LogP contribution in [0.15, 0.2) is 71.1 Å². The molecule has 2 aromatic carbocycles. The van der Waals surface area contributed by atoms with Crippen molar-refractivity contribution in [2.45, 2.75) is 22.9 Å². The van der Waals surface area contributed by atoms with Crippen LogP contribution >= 0.6 is 46.3 Å². The van der Waals surface area contributed by atoms with Crippen LogP contribution in [0.5, 0.6) is 0 Å². The van der Waals surface area contributed by atoms with Crippen LogP contribution in [-0.2, 0) is 20.5 Å². The monoisotopic (exact) mass is 689 g/mol. The van der Waals surface area contributed by atoms with E-state index >= 15 is 0 Å². The number of Topliss-reactive ketones (excluding diaryl/α,β-unsaturated/α-hetero) is 1. The maximum atomic E-state index is 13.9. The summed E-state index contributed by atoms with van der Waals surface area (Å²) in [5.74, 6) is -2.73. The number of carbonyl (C=O) groups is 4. The number of pyridine rings is 1. The Balaban J connectivity index is 1.31. The van der Waals surface area contributed by atoms with Gasteiger partial charge in [0.1, 0.15) is 11.1 Å². The van der Waals surface area contributed by atoms with E-state index in [4.69, 9.17) is 27.9 Å². The molecule has 0 aliphatic carbocycles. The summed E-state index contributed by atoms with van der Waals surface area (Å²) in [5.41, 5.74) is -1.63. The Bertz CT molecular complexity index is 1880. The number of nitriles is 1. The minimum absolute atomic E-state index is 0.0198. The summed E-state index contributed by atoms with van der Waals surface area (Å²) >= 11 is 13.5. The van der Waals surface area contributed by atoms with Crippen LogP contribution in [0.25, 0.3) is 10.6 Å². The predicted octanol–water partition coefficient (Wildman–Crippen LogP) is 7.47. The number of ether oxygens (including phenoxy) is 1. The molecule has 0 spiro atoms. The molecule has 228 valence electrons. The summed E-state index contributed by atoms with van der Waals surface area (Å²) in [6, 6.07) is 15.0. The van der Waals surface area contributed by atoms with Gasteiger partial charge < -0.3 is 4.74 Å². The number of alkyl halides is 3. The lowest BCUT2D eigenvalue weighted by Gasteiger charge is -2.17. The molecular weight excluding hydrogens is 674 g/mol. The van der Waals surface area contributed by atoms with Crippen molar-refractivity contribution < 1.29 is 37.1 Å². The number of imide groups is 1. The van der Waals surface area contributed by atoms with E-state index in [1.165, 1.54) is 42.5 Å². The maximum absolute atomic E-state index is 13.9. The lowest BCUT2D eigenvalue weighted by atomic mass is 10.1. The van der Waals surface area contributed by atoms with Gasteiger partial charge in [0, 0.05) is 12.0 Å². The molecule has 0 radical (unpaired) electrons. The van der Waals surface area contributed by atoms with Crippen LogP contribution in [0, 0.1) is 11.3 Å². The average Bonchev–Trinajstić information content (AvgIpc) is 3.64. The Hall–Kier alpha value is -4.22. The Morgan fingerprint density at radius 2 is 1.78 bits per heavy atom. The first-order valence-corrected chi connectivity index (χ1v) is 15.2. The van der Waals surface area contributed by atoms with E-state index in [9.17, 15) is 37.6 Å². The number of carbonyl (C=O) groups excluding carboxylic acids is 4. The number of nitrogens with zero attached hydrogens (tertiary/aromatic N) is 3. The Morgan fingerprint density at radius 3 is 2.40 bits per heavy atom. The molecule has 0 saturated carbocycles. The van der Waals surface area contributed by atoms with Crippen molar-refractivity contribution in [2.24, 2.45) is 0 Å². The fourth-order valence-electron chi connectivity index (χ4n) is 4.31. The fraction of sp³-hybridized carbons (Fsp3) is 0.133. The van der Waals surface area contributed by atoms with Gasteiger partial charge in [-0.1, -0.05) is 41.0 Å². The molecule has 8 nitrogen and oxygen atoms in total. The van der Waals surface area contributed by atoms with Crippen LogP contribution in [-0.4, -0.2) is 40.4 Å². The number of hydrogen-bond donors (Lipinski definition) is 0. The number of amides is 2. The molecule has 1 atom stereocenters. The zero-order valence-corrected chi connectivity index (χ0v) is 25.6. The standard InChI is InChI=1S/C30H16Cl2F3N3O5S2/c31-20-8-5-16(10-21(20)32)23(39)14-43-29(42)15-3-6-17(7-4-15)38-26(40)12-25(28(38)41)45-27-18(13-36)19(30(33,34)35)11-22(37-27)24-2-1-9-44-24/h1-11,25H,12,14H2. The predicted molar refractivity (Wildman–Crippen MR) is 162 cm³/mol. The number of rotatable bonds is 8. The van der Waals surface area contributed by atoms with E-state index in [-0.39, 0.29) is 44.0 Å². The number of thioether (sulfide) groups is 1. The van der Waals surface area contributed by atoms with Gasteiger partial charge in [-0.2, -0.15) is 18.4 Å². The zero-order valence-electron chi connectivity index (χ0n) is 22.4. The molecule has 0 bridgehead atoms. The first kappa shape index (κ1) is 32.2. The van der Waals surface area contributed by atoms with E-state index in [0.717, 1.165) is 22.3 Å². The van der Waals surface area contributed by atoms with Crippen molar-refractivity contribution >= 4 is 75.6 Å². The van der Waals surface area contributed by atoms with E-state index in [0.29, 0.717) is 16.6 Å². The lowest BCUT2D eigenvalue weighted by Crippen LogP contribution is -2.31. The highest BCUT2D eigenvalue weighted by molar-refractivity contribution is 8.00. The van der Waals surface area contributed by atoms with E-state index in [1.54, 1.807) is 23.6 Å². The molecule has 1 aliphatic heterocycles. The van der Waals surface area contributed by atoms with Gasteiger partial charge in [-0.05, 0) is 60.0 Å². The smallest absolute Gasteiger partial charge is 0.417 e. The topological polar surface area (TPSA) is 117 Å². The molecule has 15 heteroatoms. The molecular formula is C30H16Cl2F3N3O5S2. The van der Waals surface area contributed by atoms with Gasteiger partial charge in [0.15, 0.2) is 12.4 Å². The molecule has 2 aromatic heterocycles. The third-order valence-electron chi connectivity index (χ3n) is 6.47.